The van der Waals surface area contributed by atoms with Crippen molar-refractivity contribution in [2.24, 2.45) is 0 Å². The smallest absolute Gasteiger partial charge is 0.249 e. The van der Waals surface area contributed by atoms with Gasteiger partial charge >= 0.3 is 0 Å². The Kier molecular flexibility index (Phi) is 8.02. The highest BCUT2D eigenvalue weighted by molar-refractivity contribution is 6.02. The number of methoxy groups -OCH3 is 1. The van der Waals surface area contributed by atoms with Crippen molar-refractivity contribution in [3.05, 3.63) is 89.7 Å². The highest BCUT2D eigenvalue weighted by Crippen LogP contribution is 2.32. The van der Waals surface area contributed by atoms with E-state index in [1.165, 1.54) is 33.8 Å². The number of aryl methyl sites for hydroxylation is 1. The van der Waals surface area contributed by atoms with Crippen LogP contribution in [-0.4, -0.2) is 47.1 Å². The number of nitrogens with zero attached hydrogens (tertiary/aromatic N) is 4. The van der Waals surface area contributed by atoms with Gasteiger partial charge in [-0.1, -0.05) is 54.6 Å². The van der Waals surface area contributed by atoms with E-state index in [1.807, 2.05) is 55.5 Å². The molecule has 186 valence electrons. The summed E-state index contributed by atoms with van der Waals surface area (Å²) < 4.78 is 20.4. The zero-order valence-corrected chi connectivity index (χ0v) is 20.2. The standard InChI is InChI=1S/C27H28FN5O3/c1-3-19-8-4-6-10-23(19)33(25(34)18-32-24-11-7-5-9-22(24)30-31-32)26(27(35)29-16-17-36-2)20-12-14-21(28)15-13-20/h4-15,26H,3,16-18H2,1-2H3,(H,29,35)/t26-/m1/s1. The van der Waals surface area contributed by atoms with E-state index in [1.54, 1.807) is 7.11 Å². The Balaban J connectivity index is 1.81. The summed E-state index contributed by atoms with van der Waals surface area (Å²) in [7, 11) is 1.54. The molecule has 8 nitrogen and oxygen atoms in total. The van der Waals surface area contributed by atoms with E-state index >= 15 is 0 Å². The molecule has 0 aliphatic heterocycles. The number of benzene rings is 3. The largest absolute Gasteiger partial charge is 0.383 e. The fourth-order valence-electron chi connectivity index (χ4n) is 4.14. The Morgan fingerprint density at radius 2 is 1.78 bits per heavy atom. The lowest BCUT2D eigenvalue weighted by molar-refractivity contribution is -0.127. The van der Waals surface area contributed by atoms with E-state index in [0.717, 1.165) is 5.56 Å². The van der Waals surface area contributed by atoms with E-state index in [-0.39, 0.29) is 19.0 Å². The van der Waals surface area contributed by atoms with Gasteiger partial charge in [0.1, 0.15) is 23.9 Å². The second kappa shape index (κ2) is 11.5. The molecule has 3 aromatic carbocycles. The van der Waals surface area contributed by atoms with Crippen molar-refractivity contribution in [3.63, 3.8) is 0 Å². The van der Waals surface area contributed by atoms with Crippen LogP contribution in [0.1, 0.15) is 24.1 Å². The highest BCUT2D eigenvalue weighted by atomic mass is 19.1. The molecule has 0 saturated heterocycles. The van der Waals surface area contributed by atoms with Crippen molar-refractivity contribution in [2.45, 2.75) is 25.9 Å². The van der Waals surface area contributed by atoms with Gasteiger partial charge in [0.2, 0.25) is 11.8 Å². The van der Waals surface area contributed by atoms with Crippen LogP contribution in [0.25, 0.3) is 11.0 Å². The van der Waals surface area contributed by atoms with Crippen LogP contribution in [0, 0.1) is 5.82 Å². The number of carbonyl (C=O) groups excluding carboxylic acids is 2. The molecule has 0 fully saturated rings. The first kappa shape index (κ1) is 25.0. The van der Waals surface area contributed by atoms with Crippen molar-refractivity contribution in [3.8, 4) is 0 Å². The minimum absolute atomic E-state index is 0.137. The number of aromatic nitrogens is 3. The molecular formula is C27H28FN5O3. The number of hydrogen-bond acceptors (Lipinski definition) is 5. The first-order valence-corrected chi connectivity index (χ1v) is 11.7. The number of carbonyl (C=O) groups is 2. The molecule has 4 aromatic rings. The molecule has 0 saturated carbocycles. The van der Waals surface area contributed by atoms with Gasteiger partial charge in [0, 0.05) is 19.3 Å². The molecule has 2 amide bonds. The molecule has 1 N–H and O–H groups in total. The van der Waals surface area contributed by atoms with Crippen LogP contribution < -0.4 is 10.2 Å². The summed E-state index contributed by atoms with van der Waals surface area (Å²) in [5.41, 5.74) is 3.35. The average molecular weight is 490 g/mol. The van der Waals surface area contributed by atoms with Crippen molar-refractivity contribution in [2.75, 3.05) is 25.2 Å². The maximum atomic E-state index is 14.0. The van der Waals surface area contributed by atoms with Gasteiger partial charge in [-0.25, -0.2) is 9.07 Å². The minimum atomic E-state index is -1.04. The zero-order chi connectivity index (χ0) is 25.5. The molecular weight excluding hydrogens is 461 g/mol. The van der Waals surface area contributed by atoms with Crippen LogP contribution in [0.5, 0.6) is 0 Å². The summed E-state index contributed by atoms with van der Waals surface area (Å²) in [6.07, 6.45) is 0.646. The van der Waals surface area contributed by atoms with Crippen LogP contribution >= 0.6 is 0 Å². The zero-order valence-electron chi connectivity index (χ0n) is 20.2. The molecule has 0 radical (unpaired) electrons. The molecule has 1 aromatic heterocycles. The predicted octanol–water partition coefficient (Wildman–Crippen LogP) is 3.67. The number of nitrogens with one attached hydrogen (secondary N) is 1. The van der Waals surface area contributed by atoms with Crippen molar-refractivity contribution < 1.29 is 18.7 Å². The summed E-state index contributed by atoms with van der Waals surface area (Å²) in [6.45, 7) is 2.42. The summed E-state index contributed by atoms with van der Waals surface area (Å²) in [5.74, 6) is -1.19. The Morgan fingerprint density at radius 1 is 1.06 bits per heavy atom. The number of rotatable bonds is 10. The van der Waals surface area contributed by atoms with Crippen molar-refractivity contribution in [1.29, 1.82) is 0 Å². The lowest BCUT2D eigenvalue weighted by atomic mass is 10.0. The van der Waals surface area contributed by atoms with E-state index in [9.17, 15) is 14.0 Å². The number of anilines is 1. The summed E-state index contributed by atoms with van der Waals surface area (Å²) in [5, 5.41) is 11.1. The van der Waals surface area contributed by atoms with Gasteiger partial charge < -0.3 is 10.1 Å². The van der Waals surface area contributed by atoms with E-state index in [4.69, 9.17) is 4.74 Å². The summed E-state index contributed by atoms with van der Waals surface area (Å²) in [6, 6.07) is 19.4. The number of hydrogen-bond donors (Lipinski definition) is 1. The fraction of sp³-hybridized carbons (Fsp3) is 0.259. The van der Waals surface area contributed by atoms with Crippen molar-refractivity contribution in [1.82, 2.24) is 20.3 Å². The molecule has 0 aliphatic carbocycles. The molecule has 0 unspecified atom stereocenters. The number of fused-ring (bicyclic) bond motifs is 1. The van der Waals surface area contributed by atoms with Gasteiger partial charge in [0.15, 0.2) is 0 Å². The fourth-order valence-corrected chi connectivity index (χ4v) is 4.14. The van der Waals surface area contributed by atoms with Gasteiger partial charge in [0.25, 0.3) is 0 Å². The SMILES string of the molecule is CCc1ccccc1N(C(=O)Cn1nnc2ccccc21)[C@@H](C(=O)NCCOC)c1ccc(F)cc1. The normalized spacial score (nSPS) is 11.9. The van der Waals surface area contributed by atoms with E-state index in [2.05, 4.69) is 15.6 Å². The van der Waals surface area contributed by atoms with Gasteiger partial charge in [0.05, 0.1) is 12.1 Å². The molecule has 1 atom stereocenters. The highest BCUT2D eigenvalue weighted by Gasteiger charge is 2.34. The Hall–Kier alpha value is -4.11. The molecule has 9 heteroatoms. The molecule has 0 aliphatic rings. The average Bonchev–Trinajstić information content (AvgIpc) is 3.30. The Bertz CT molecular complexity index is 1340. The first-order valence-electron chi connectivity index (χ1n) is 11.7. The van der Waals surface area contributed by atoms with Gasteiger partial charge in [-0.3, -0.25) is 14.5 Å². The van der Waals surface area contributed by atoms with Gasteiger partial charge in [-0.2, -0.15) is 0 Å². The van der Waals surface area contributed by atoms with Gasteiger partial charge in [-0.05, 0) is 47.9 Å². The third-order valence-corrected chi connectivity index (χ3v) is 5.90. The number of halogens is 1. The maximum absolute atomic E-state index is 14.0. The lowest BCUT2D eigenvalue weighted by Crippen LogP contribution is -2.46. The third-order valence-electron chi connectivity index (χ3n) is 5.90. The van der Waals surface area contributed by atoms with Crippen LogP contribution in [0.3, 0.4) is 0 Å². The third kappa shape index (κ3) is 5.41. The van der Waals surface area contributed by atoms with Gasteiger partial charge in [-0.15, -0.1) is 5.10 Å². The topological polar surface area (TPSA) is 89.4 Å². The molecule has 0 bridgehead atoms. The second-order valence-corrected chi connectivity index (χ2v) is 8.22. The Labute approximate surface area is 208 Å². The number of ether oxygens (including phenoxy) is 1. The number of para-hydroxylation sites is 2. The summed E-state index contributed by atoms with van der Waals surface area (Å²) in [4.78, 5) is 29.0. The first-order chi connectivity index (χ1) is 17.5. The van der Waals surface area contributed by atoms with E-state index in [0.29, 0.717) is 35.3 Å². The molecule has 4 rings (SSSR count). The van der Waals surface area contributed by atoms with Crippen LogP contribution in [0.2, 0.25) is 0 Å². The minimum Gasteiger partial charge on any atom is -0.383 e. The quantitative estimate of drug-likeness (QED) is 0.344. The molecule has 1 heterocycles. The van der Waals surface area contributed by atoms with Crippen LogP contribution in [0.15, 0.2) is 72.8 Å². The molecule has 36 heavy (non-hydrogen) atoms. The second-order valence-electron chi connectivity index (χ2n) is 8.22. The predicted molar refractivity (Wildman–Crippen MR) is 135 cm³/mol. The number of amides is 2. The molecule has 0 spiro atoms. The lowest BCUT2D eigenvalue weighted by Gasteiger charge is -2.33. The van der Waals surface area contributed by atoms with Crippen molar-refractivity contribution >= 4 is 28.5 Å². The van der Waals surface area contributed by atoms with Crippen LogP contribution in [-0.2, 0) is 27.3 Å². The Morgan fingerprint density at radius 3 is 2.53 bits per heavy atom. The van der Waals surface area contributed by atoms with E-state index < -0.39 is 17.8 Å². The monoisotopic (exact) mass is 489 g/mol. The maximum Gasteiger partial charge on any atom is 0.249 e. The summed E-state index contributed by atoms with van der Waals surface area (Å²) >= 11 is 0. The van der Waals surface area contributed by atoms with Crippen LogP contribution in [0.4, 0.5) is 10.1 Å².